The molecular weight excluding hydrogens is 376 g/mol. The normalized spacial score (nSPS) is 15.6. The van der Waals surface area contributed by atoms with Crippen molar-refractivity contribution in [1.29, 1.82) is 5.26 Å². The summed E-state index contributed by atoms with van der Waals surface area (Å²) >= 11 is 0. The first-order valence-corrected chi connectivity index (χ1v) is 10.6. The van der Waals surface area contributed by atoms with Crippen molar-refractivity contribution >= 4 is 11.6 Å². The molecule has 0 spiro atoms. The smallest absolute Gasteiger partial charge is 0.254 e. The van der Waals surface area contributed by atoms with Crippen molar-refractivity contribution in [3.63, 3.8) is 0 Å². The van der Waals surface area contributed by atoms with Gasteiger partial charge in [0.25, 0.3) is 5.91 Å². The van der Waals surface area contributed by atoms with E-state index in [1.807, 2.05) is 11.8 Å². The van der Waals surface area contributed by atoms with Crippen molar-refractivity contribution in [3.8, 4) is 6.07 Å². The number of nitrogens with zero attached hydrogens (tertiary/aromatic N) is 4. The van der Waals surface area contributed by atoms with Crippen LogP contribution in [0.2, 0.25) is 0 Å². The Balaban J connectivity index is 1.56. The molecule has 2 aromatic heterocycles. The molecule has 1 atom stereocenters. The third kappa shape index (κ3) is 3.81. The molecule has 1 N–H and O–H groups in total. The molecule has 1 aliphatic rings. The van der Waals surface area contributed by atoms with Crippen LogP contribution in [-0.4, -0.2) is 37.9 Å². The largest absolute Gasteiger partial charge is 0.382 e. The summed E-state index contributed by atoms with van der Waals surface area (Å²) in [6.07, 6.45) is 8.17. The molecule has 1 aromatic carbocycles. The highest BCUT2D eigenvalue weighted by Gasteiger charge is 2.25. The predicted octanol–water partition coefficient (Wildman–Crippen LogP) is 4.08. The van der Waals surface area contributed by atoms with Gasteiger partial charge in [0.15, 0.2) is 0 Å². The molecule has 1 amide bonds. The van der Waals surface area contributed by atoms with Crippen molar-refractivity contribution in [1.82, 2.24) is 14.3 Å². The minimum Gasteiger partial charge on any atom is -0.382 e. The number of carbonyl (C=O) groups is 1. The zero-order chi connectivity index (χ0) is 21.1. The number of carbonyl (C=O) groups excluding carboxylic acids is 1. The number of hydrogen-bond donors (Lipinski definition) is 1. The highest BCUT2D eigenvalue weighted by Crippen LogP contribution is 2.26. The van der Waals surface area contributed by atoms with Crippen LogP contribution in [0.25, 0.3) is 5.65 Å². The Morgan fingerprint density at radius 2 is 1.97 bits per heavy atom. The van der Waals surface area contributed by atoms with Crippen molar-refractivity contribution < 1.29 is 9.90 Å². The molecule has 6 heteroatoms. The van der Waals surface area contributed by atoms with E-state index < -0.39 is 6.10 Å². The zero-order valence-electron chi connectivity index (χ0n) is 17.2. The van der Waals surface area contributed by atoms with Gasteiger partial charge in [-0.3, -0.25) is 9.20 Å². The van der Waals surface area contributed by atoms with Crippen LogP contribution >= 0.6 is 0 Å². The second kappa shape index (κ2) is 8.68. The van der Waals surface area contributed by atoms with Gasteiger partial charge in [-0.25, -0.2) is 4.98 Å². The highest BCUT2D eigenvalue weighted by molar-refractivity contribution is 5.94. The average molecular weight is 402 g/mol. The SMILES string of the molecule is CCN(C(=O)c1ccc(C(O)c2cnc3ccc(C#N)cn23)cc1)C1CCCCC1. The Hall–Kier alpha value is -3.17. The summed E-state index contributed by atoms with van der Waals surface area (Å²) in [6, 6.07) is 13.0. The topological polar surface area (TPSA) is 81.6 Å². The summed E-state index contributed by atoms with van der Waals surface area (Å²) in [5.41, 5.74) is 3.07. The number of aromatic nitrogens is 2. The summed E-state index contributed by atoms with van der Waals surface area (Å²) in [7, 11) is 0. The van der Waals surface area contributed by atoms with E-state index >= 15 is 0 Å². The minimum atomic E-state index is -0.904. The van der Waals surface area contributed by atoms with E-state index in [9.17, 15) is 9.90 Å². The van der Waals surface area contributed by atoms with E-state index in [1.165, 1.54) is 19.3 Å². The first kappa shape index (κ1) is 20.1. The molecule has 6 nitrogen and oxygen atoms in total. The molecule has 30 heavy (non-hydrogen) atoms. The molecule has 1 unspecified atom stereocenters. The number of imidazole rings is 1. The Morgan fingerprint density at radius 3 is 2.63 bits per heavy atom. The van der Waals surface area contributed by atoms with Crippen LogP contribution in [0.15, 0.2) is 48.8 Å². The molecule has 154 valence electrons. The second-order valence-electron chi connectivity index (χ2n) is 7.85. The van der Waals surface area contributed by atoms with Crippen molar-refractivity contribution in [2.75, 3.05) is 6.54 Å². The van der Waals surface area contributed by atoms with Gasteiger partial charge in [-0.05, 0) is 49.6 Å². The number of aliphatic hydroxyl groups excluding tert-OH is 1. The molecule has 1 saturated carbocycles. The first-order chi connectivity index (χ1) is 14.6. The Kier molecular flexibility index (Phi) is 5.82. The van der Waals surface area contributed by atoms with E-state index in [1.54, 1.807) is 53.2 Å². The lowest BCUT2D eigenvalue weighted by atomic mass is 9.93. The lowest BCUT2D eigenvalue weighted by Gasteiger charge is -2.33. The molecule has 3 aromatic rings. The van der Waals surface area contributed by atoms with Gasteiger partial charge in [0.1, 0.15) is 17.8 Å². The lowest BCUT2D eigenvalue weighted by Crippen LogP contribution is -2.41. The minimum absolute atomic E-state index is 0.0545. The summed E-state index contributed by atoms with van der Waals surface area (Å²) in [5.74, 6) is 0.0545. The van der Waals surface area contributed by atoms with Gasteiger partial charge in [-0.15, -0.1) is 0 Å². The van der Waals surface area contributed by atoms with Crippen LogP contribution in [0.3, 0.4) is 0 Å². The molecule has 4 rings (SSSR count). The van der Waals surface area contributed by atoms with Crippen LogP contribution < -0.4 is 0 Å². The summed E-state index contributed by atoms with van der Waals surface area (Å²) in [4.78, 5) is 19.3. The number of amides is 1. The Morgan fingerprint density at radius 1 is 1.23 bits per heavy atom. The number of nitriles is 1. The lowest BCUT2D eigenvalue weighted by molar-refractivity contribution is 0.0648. The van der Waals surface area contributed by atoms with Gasteiger partial charge in [-0.1, -0.05) is 31.4 Å². The Bertz CT molecular complexity index is 1070. The van der Waals surface area contributed by atoms with Crippen molar-refractivity contribution in [2.45, 2.75) is 51.2 Å². The predicted molar refractivity (Wildman–Crippen MR) is 114 cm³/mol. The first-order valence-electron chi connectivity index (χ1n) is 10.6. The molecule has 0 aliphatic heterocycles. The maximum Gasteiger partial charge on any atom is 0.254 e. The van der Waals surface area contributed by atoms with Gasteiger partial charge in [-0.2, -0.15) is 5.26 Å². The fourth-order valence-corrected chi connectivity index (χ4v) is 4.37. The summed E-state index contributed by atoms with van der Waals surface area (Å²) in [6.45, 7) is 2.74. The quantitative estimate of drug-likeness (QED) is 0.697. The highest BCUT2D eigenvalue weighted by atomic mass is 16.3. The van der Waals surface area contributed by atoms with Crippen LogP contribution in [0, 0.1) is 11.3 Å². The van der Waals surface area contributed by atoms with E-state index in [0.29, 0.717) is 40.6 Å². The zero-order valence-corrected chi connectivity index (χ0v) is 17.2. The number of fused-ring (bicyclic) bond motifs is 1. The van der Waals surface area contributed by atoms with E-state index in [0.717, 1.165) is 12.8 Å². The monoisotopic (exact) mass is 402 g/mol. The standard InChI is InChI=1S/C24H26N4O2/c1-2-27(20-6-4-3-5-7-20)24(30)19-11-9-18(10-12-19)23(29)21-15-26-22-13-8-17(14-25)16-28(21)22/h8-13,15-16,20,23,29H,2-7H2,1H3. The van der Waals surface area contributed by atoms with Crippen LogP contribution in [0.4, 0.5) is 0 Å². The summed E-state index contributed by atoms with van der Waals surface area (Å²) in [5, 5.41) is 20.0. The molecule has 1 aliphatic carbocycles. The van der Waals surface area contributed by atoms with Crippen molar-refractivity contribution in [3.05, 3.63) is 71.2 Å². The third-order valence-electron chi connectivity index (χ3n) is 6.03. The van der Waals surface area contributed by atoms with Gasteiger partial charge in [0.05, 0.1) is 17.5 Å². The maximum absolute atomic E-state index is 13.0. The molecule has 1 fully saturated rings. The number of hydrogen-bond acceptors (Lipinski definition) is 4. The third-order valence-corrected chi connectivity index (χ3v) is 6.03. The van der Waals surface area contributed by atoms with Crippen LogP contribution in [-0.2, 0) is 0 Å². The van der Waals surface area contributed by atoms with Gasteiger partial charge < -0.3 is 10.0 Å². The van der Waals surface area contributed by atoms with Crippen LogP contribution in [0.5, 0.6) is 0 Å². The fourth-order valence-electron chi connectivity index (χ4n) is 4.37. The van der Waals surface area contributed by atoms with Gasteiger partial charge in [0, 0.05) is 24.3 Å². The summed E-state index contributed by atoms with van der Waals surface area (Å²) < 4.78 is 1.73. The maximum atomic E-state index is 13.0. The number of rotatable bonds is 5. The molecule has 0 radical (unpaired) electrons. The number of pyridine rings is 1. The molecular formula is C24H26N4O2. The van der Waals surface area contributed by atoms with E-state index in [-0.39, 0.29) is 5.91 Å². The van der Waals surface area contributed by atoms with E-state index in [4.69, 9.17) is 5.26 Å². The number of benzene rings is 1. The number of aliphatic hydroxyl groups is 1. The molecule has 0 bridgehead atoms. The van der Waals surface area contributed by atoms with Crippen molar-refractivity contribution in [2.24, 2.45) is 0 Å². The van der Waals surface area contributed by atoms with Gasteiger partial charge in [0.2, 0.25) is 0 Å². The second-order valence-corrected chi connectivity index (χ2v) is 7.85. The van der Waals surface area contributed by atoms with Gasteiger partial charge >= 0.3 is 0 Å². The molecule has 2 heterocycles. The fraction of sp³-hybridized carbons (Fsp3) is 0.375. The Labute approximate surface area is 176 Å². The average Bonchev–Trinajstić information content (AvgIpc) is 3.23. The van der Waals surface area contributed by atoms with Crippen LogP contribution in [0.1, 0.15) is 72.3 Å². The van der Waals surface area contributed by atoms with E-state index in [2.05, 4.69) is 11.1 Å². The molecule has 0 saturated heterocycles.